The molecule has 1 aliphatic heterocycles. The zero-order valence-corrected chi connectivity index (χ0v) is 12.3. The lowest BCUT2D eigenvalue weighted by molar-refractivity contribution is 0.403. The van der Waals surface area contributed by atoms with Crippen LogP contribution in [0.3, 0.4) is 0 Å². The third kappa shape index (κ3) is 4.17. The summed E-state index contributed by atoms with van der Waals surface area (Å²) >= 11 is 0. The number of hydrogen-bond donors (Lipinski definition) is 1. The molecule has 1 atom stereocenters. The highest BCUT2D eigenvalue weighted by Crippen LogP contribution is 2.24. The van der Waals surface area contributed by atoms with Gasteiger partial charge in [-0.25, -0.2) is 8.78 Å². The maximum atomic E-state index is 13.8. The Bertz CT molecular complexity index is 434. The highest BCUT2D eigenvalue weighted by Gasteiger charge is 2.22. The van der Waals surface area contributed by atoms with Gasteiger partial charge in [0, 0.05) is 25.2 Å². The van der Waals surface area contributed by atoms with E-state index in [1.54, 1.807) is 0 Å². The molecule has 0 amide bonds. The number of nitrogens with zero attached hydrogens (tertiary/aromatic N) is 1. The van der Waals surface area contributed by atoms with Crippen molar-refractivity contribution < 1.29 is 8.78 Å². The Morgan fingerprint density at radius 2 is 2.15 bits per heavy atom. The lowest BCUT2D eigenvalue weighted by Gasteiger charge is -2.35. The van der Waals surface area contributed by atoms with E-state index in [0.29, 0.717) is 17.6 Å². The molecule has 4 heteroatoms. The normalized spacial score (nSPS) is 19.6. The summed E-state index contributed by atoms with van der Waals surface area (Å²) in [7, 11) is 0. The van der Waals surface area contributed by atoms with Gasteiger partial charge in [0.15, 0.2) is 0 Å². The molecule has 1 fully saturated rings. The summed E-state index contributed by atoms with van der Waals surface area (Å²) in [5.74, 6) is -0.0339. The predicted octanol–water partition coefficient (Wildman–Crippen LogP) is 3.57. The van der Waals surface area contributed by atoms with Crippen molar-refractivity contribution in [3.63, 3.8) is 0 Å². The van der Waals surface area contributed by atoms with Crippen LogP contribution in [0.5, 0.6) is 0 Å². The molecule has 1 saturated heterocycles. The van der Waals surface area contributed by atoms with Crippen LogP contribution in [-0.2, 0) is 0 Å². The molecule has 0 aliphatic carbocycles. The summed E-state index contributed by atoms with van der Waals surface area (Å²) in [4.78, 5) is 1.95. The minimum absolute atomic E-state index is 0.339. The number of nitrogens with one attached hydrogen (secondary N) is 1. The quantitative estimate of drug-likeness (QED) is 0.888. The first kappa shape index (κ1) is 15.2. The molecule has 1 heterocycles. The Hall–Kier alpha value is -1.16. The molecular formula is C16H24F2N2. The van der Waals surface area contributed by atoms with Crippen LogP contribution in [0.2, 0.25) is 0 Å². The smallest absolute Gasteiger partial charge is 0.146 e. The van der Waals surface area contributed by atoms with Crippen molar-refractivity contribution in [3.8, 4) is 0 Å². The second-order valence-corrected chi connectivity index (χ2v) is 6.02. The Morgan fingerprint density at radius 3 is 2.90 bits per heavy atom. The molecule has 0 bridgehead atoms. The van der Waals surface area contributed by atoms with Crippen LogP contribution in [-0.4, -0.2) is 25.7 Å². The van der Waals surface area contributed by atoms with Crippen molar-refractivity contribution >= 4 is 5.69 Å². The average molecular weight is 282 g/mol. The second kappa shape index (κ2) is 7.02. The fourth-order valence-corrected chi connectivity index (χ4v) is 2.67. The second-order valence-electron chi connectivity index (χ2n) is 6.02. The van der Waals surface area contributed by atoms with Crippen LogP contribution < -0.4 is 10.2 Å². The lowest BCUT2D eigenvalue weighted by atomic mass is 10.0. The number of rotatable bonds is 5. The largest absolute Gasteiger partial charge is 0.368 e. The first-order chi connectivity index (χ1) is 9.56. The molecule has 0 radical (unpaired) electrons. The van der Waals surface area contributed by atoms with E-state index in [2.05, 4.69) is 19.2 Å². The van der Waals surface area contributed by atoms with E-state index in [1.807, 2.05) is 4.90 Å². The highest BCUT2D eigenvalue weighted by molar-refractivity contribution is 5.48. The van der Waals surface area contributed by atoms with Crippen LogP contribution in [0.15, 0.2) is 18.2 Å². The first-order valence-electron chi connectivity index (χ1n) is 7.49. The first-order valence-corrected chi connectivity index (χ1v) is 7.49. The molecule has 2 nitrogen and oxygen atoms in total. The molecule has 112 valence electrons. The summed E-state index contributed by atoms with van der Waals surface area (Å²) in [5, 5.41) is 3.53. The summed E-state index contributed by atoms with van der Waals surface area (Å²) in [6.07, 6.45) is 3.26. The Balaban J connectivity index is 1.94. The third-order valence-corrected chi connectivity index (χ3v) is 3.82. The van der Waals surface area contributed by atoms with E-state index in [-0.39, 0.29) is 11.6 Å². The van der Waals surface area contributed by atoms with Gasteiger partial charge < -0.3 is 10.2 Å². The average Bonchev–Trinajstić information content (AvgIpc) is 2.41. The van der Waals surface area contributed by atoms with Gasteiger partial charge in [-0.2, -0.15) is 0 Å². The third-order valence-electron chi connectivity index (χ3n) is 3.82. The zero-order valence-electron chi connectivity index (χ0n) is 12.3. The van der Waals surface area contributed by atoms with E-state index >= 15 is 0 Å². The molecule has 1 aromatic carbocycles. The molecule has 0 spiro atoms. The molecule has 1 N–H and O–H groups in total. The summed E-state index contributed by atoms with van der Waals surface area (Å²) in [5.41, 5.74) is 0.389. The van der Waals surface area contributed by atoms with Gasteiger partial charge in [0.1, 0.15) is 11.6 Å². The predicted molar refractivity (Wildman–Crippen MR) is 79.1 cm³/mol. The fraction of sp³-hybridized carbons (Fsp3) is 0.625. The van der Waals surface area contributed by atoms with Gasteiger partial charge in [-0.15, -0.1) is 0 Å². The van der Waals surface area contributed by atoms with Gasteiger partial charge in [-0.05, 0) is 43.9 Å². The molecule has 0 saturated carbocycles. The number of benzene rings is 1. The Morgan fingerprint density at radius 1 is 1.35 bits per heavy atom. The van der Waals surface area contributed by atoms with Crippen molar-refractivity contribution in [2.45, 2.75) is 39.2 Å². The minimum Gasteiger partial charge on any atom is -0.368 e. The van der Waals surface area contributed by atoms with Gasteiger partial charge in [0.05, 0.1) is 5.69 Å². The van der Waals surface area contributed by atoms with E-state index in [4.69, 9.17) is 0 Å². The van der Waals surface area contributed by atoms with E-state index in [0.717, 1.165) is 38.9 Å². The van der Waals surface area contributed by atoms with Crippen molar-refractivity contribution in [1.29, 1.82) is 0 Å². The SMILES string of the molecule is CC(C)CCNC1CCCN(c2cc(F)ccc2F)C1. The van der Waals surface area contributed by atoms with Crippen LogP contribution in [0.25, 0.3) is 0 Å². The lowest BCUT2D eigenvalue weighted by Crippen LogP contribution is -2.46. The summed E-state index contributed by atoms with van der Waals surface area (Å²) in [6.45, 7) is 6.94. The van der Waals surface area contributed by atoms with Crippen LogP contribution in [0.4, 0.5) is 14.5 Å². The number of anilines is 1. The van der Waals surface area contributed by atoms with Crippen molar-refractivity contribution in [1.82, 2.24) is 5.32 Å². The molecule has 0 aromatic heterocycles. The molecule has 20 heavy (non-hydrogen) atoms. The topological polar surface area (TPSA) is 15.3 Å². The fourth-order valence-electron chi connectivity index (χ4n) is 2.67. The van der Waals surface area contributed by atoms with Gasteiger partial charge >= 0.3 is 0 Å². The standard InChI is InChI=1S/C16H24F2N2/c1-12(2)7-8-19-14-4-3-9-20(11-14)16-10-13(17)5-6-15(16)18/h5-6,10,12,14,19H,3-4,7-9,11H2,1-2H3. The van der Waals surface area contributed by atoms with Crippen molar-refractivity contribution in [2.24, 2.45) is 5.92 Å². The Kier molecular flexibility index (Phi) is 5.35. The van der Waals surface area contributed by atoms with E-state index < -0.39 is 0 Å². The maximum absolute atomic E-state index is 13.8. The number of piperidine rings is 1. The highest BCUT2D eigenvalue weighted by atomic mass is 19.1. The molecule has 1 aromatic rings. The zero-order chi connectivity index (χ0) is 14.5. The summed E-state index contributed by atoms with van der Waals surface area (Å²) in [6, 6.07) is 4.04. The van der Waals surface area contributed by atoms with Gasteiger partial charge in [0.25, 0.3) is 0 Å². The number of halogens is 2. The van der Waals surface area contributed by atoms with E-state index in [1.165, 1.54) is 18.2 Å². The van der Waals surface area contributed by atoms with Crippen molar-refractivity contribution in [3.05, 3.63) is 29.8 Å². The summed E-state index contributed by atoms with van der Waals surface area (Å²) < 4.78 is 27.1. The molecule has 2 rings (SSSR count). The van der Waals surface area contributed by atoms with Crippen LogP contribution in [0, 0.1) is 17.6 Å². The minimum atomic E-state index is -0.378. The van der Waals surface area contributed by atoms with E-state index in [9.17, 15) is 8.78 Å². The van der Waals surface area contributed by atoms with Crippen LogP contribution >= 0.6 is 0 Å². The number of hydrogen-bond acceptors (Lipinski definition) is 2. The van der Waals surface area contributed by atoms with Gasteiger partial charge in [-0.3, -0.25) is 0 Å². The molecule has 1 aliphatic rings. The molecule has 1 unspecified atom stereocenters. The van der Waals surface area contributed by atoms with Gasteiger partial charge in [0.2, 0.25) is 0 Å². The van der Waals surface area contributed by atoms with Crippen LogP contribution in [0.1, 0.15) is 33.1 Å². The molecular weight excluding hydrogens is 258 g/mol. The van der Waals surface area contributed by atoms with Crippen molar-refractivity contribution in [2.75, 3.05) is 24.5 Å². The van der Waals surface area contributed by atoms with Gasteiger partial charge in [-0.1, -0.05) is 13.8 Å². The maximum Gasteiger partial charge on any atom is 0.146 e. The monoisotopic (exact) mass is 282 g/mol. The Labute approximate surface area is 120 Å².